The number of aromatic amines is 1. The standard InChI is InChI=1S/C53H61N8O12P/c1-9-67-51(64)36(6)59-72-47-46(73-74(70-30-16-29-54)61(34(2)3)35(4)5)43(71-50(47)60-33-55-45-48(60)57-52(58-49(45)63)56-44(62)32-68-42-19-14-11-15-20-42)31-69-53(37-17-12-10-13-18-37,38-21-25-40(65-7)26-22-38)39-23-27-41(66-8)28-24-39/h10-15,17-28,33-35,43,46-47,50H,9,16,30-32H2,1-8H3,(H2,56,57,58,62,63)/b59-36+/t43-,46-,47-,50-,74?/m1/s1. The summed E-state index contributed by atoms with van der Waals surface area (Å²) >= 11 is 0. The van der Waals surface area contributed by atoms with Crippen LogP contribution >= 0.6 is 8.53 Å². The van der Waals surface area contributed by atoms with Crippen LogP contribution in [0.5, 0.6) is 17.2 Å². The summed E-state index contributed by atoms with van der Waals surface area (Å²) in [6.07, 6.45) is -3.34. The molecule has 20 nitrogen and oxygen atoms in total. The number of hydrogen-bond acceptors (Lipinski definition) is 17. The van der Waals surface area contributed by atoms with E-state index in [-0.39, 0.29) is 67.8 Å². The number of oxime groups is 1. The molecule has 5 atom stereocenters. The maximum Gasteiger partial charge on any atom is 0.355 e. The van der Waals surface area contributed by atoms with Gasteiger partial charge in [0.15, 0.2) is 29.7 Å². The number of imidazole rings is 1. The largest absolute Gasteiger partial charge is 0.497 e. The maximum absolute atomic E-state index is 13.7. The van der Waals surface area contributed by atoms with E-state index in [1.54, 1.807) is 45.4 Å². The molecule has 0 bridgehead atoms. The molecule has 2 N–H and O–H groups in total. The predicted molar refractivity (Wildman–Crippen MR) is 276 cm³/mol. The summed E-state index contributed by atoms with van der Waals surface area (Å²) in [5, 5.41) is 16.5. The van der Waals surface area contributed by atoms with E-state index in [9.17, 15) is 19.6 Å². The Kier molecular flexibility index (Phi) is 18.9. The highest BCUT2D eigenvalue weighted by Crippen LogP contribution is 2.51. The molecule has 6 aromatic rings. The number of carbonyl (C=O) groups excluding carboxylic acids is 2. The van der Waals surface area contributed by atoms with Crippen molar-refractivity contribution in [1.29, 1.82) is 5.26 Å². The molecule has 2 aromatic heterocycles. The Morgan fingerprint density at radius 2 is 1.50 bits per heavy atom. The maximum atomic E-state index is 13.7. The van der Waals surface area contributed by atoms with Crippen LogP contribution in [-0.4, -0.2) is 113 Å². The van der Waals surface area contributed by atoms with E-state index in [4.69, 9.17) is 42.3 Å². The average molecular weight is 1030 g/mol. The molecule has 1 saturated heterocycles. The number of aromatic nitrogens is 4. The molecular formula is C53H61N8O12P. The van der Waals surface area contributed by atoms with Gasteiger partial charge >= 0.3 is 5.97 Å². The van der Waals surface area contributed by atoms with E-state index in [0.29, 0.717) is 17.2 Å². The van der Waals surface area contributed by atoms with Crippen molar-refractivity contribution in [3.63, 3.8) is 0 Å². The second-order valence-corrected chi connectivity index (χ2v) is 18.8. The zero-order valence-electron chi connectivity index (χ0n) is 42.5. The number of H-pyrrole nitrogens is 1. The second-order valence-electron chi connectivity index (χ2n) is 17.4. The summed E-state index contributed by atoms with van der Waals surface area (Å²) in [4.78, 5) is 58.0. The van der Waals surface area contributed by atoms with Crippen LogP contribution in [0.4, 0.5) is 5.95 Å². The van der Waals surface area contributed by atoms with Gasteiger partial charge in [-0.3, -0.25) is 24.5 Å². The lowest BCUT2D eigenvalue weighted by Gasteiger charge is -2.39. The lowest BCUT2D eigenvalue weighted by Crippen LogP contribution is -2.42. The second kappa shape index (κ2) is 25.6. The Morgan fingerprint density at radius 1 is 0.892 bits per heavy atom. The van der Waals surface area contributed by atoms with Gasteiger partial charge in [-0.2, -0.15) is 10.2 Å². The first-order valence-corrected chi connectivity index (χ1v) is 25.2. The van der Waals surface area contributed by atoms with Crippen LogP contribution in [0.1, 0.15) is 70.9 Å². The molecule has 3 heterocycles. The van der Waals surface area contributed by atoms with Gasteiger partial charge in [0, 0.05) is 12.1 Å². The highest BCUT2D eigenvalue weighted by atomic mass is 31.2. The Balaban J connectivity index is 1.38. The van der Waals surface area contributed by atoms with Crippen LogP contribution in [0, 0.1) is 11.3 Å². The molecule has 1 aliphatic rings. The number of hydrogen-bond donors (Lipinski definition) is 2. The fourth-order valence-corrected chi connectivity index (χ4v) is 10.2. The molecule has 0 spiro atoms. The van der Waals surface area contributed by atoms with Gasteiger partial charge in [-0.15, -0.1) is 0 Å². The van der Waals surface area contributed by atoms with Gasteiger partial charge in [-0.05, 0) is 94.6 Å². The Morgan fingerprint density at radius 3 is 2.08 bits per heavy atom. The predicted octanol–water partition coefficient (Wildman–Crippen LogP) is 8.05. The van der Waals surface area contributed by atoms with Gasteiger partial charge in [-0.25, -0.2) is 14.4 Å². The minimum absolute atomic E-state index is 0.00772. The van der Waals surface area contributed by atoms with Gasteiger partial charge in [0.05, 0.1) is 52.9 Å². The number of methoxy groups -OCH3 is 2. The highest BCUT2D eigenvalue weighted by Gasteiger charge is 2.53. The third-order valence-corrected chi connectivity index (χ3v) is 13.9. The van der Waals surface area contributed by atoms with Crippen LogP contribution in [0.2, 0.25) is 0 Å². The van der Waals surface area contributed by atoms with Crippen LogP contribution in [0.25, 0.3) is 11.2 Å². The average Bonchev–Trinajstić information content (AvgIpc) is 3.99. The molecule has 4 aromatic carbocycles. The van der Waals surface area contributed by atoms with Gasteiger partial charge in [0.25, 0.3) is 20.0 Å². The topological polar surface area (TPSA) is 232 Å². The highest BCUT2D eigenvalue weighted by molar-refractivity contribution is 7.44. The molecular weight excluding hydrogens is 972 g/mol. The minimum atomic E-state index is -2.01. The SMILES string of the molecule is CCOC(=O)/C(C)=N/O[C@@H]1[C@H](OP(OCCC#N)N(C(C)C)C(C)C)[C@@H](COC(c2ccccc2)(c2ccc(OC)cc2)c2ccc(OC)cc2)O[C@H]1n1cnc2c(=O)[nH]c(NC(=O)COc3ccccc3)nc21. The Hall–Kier alpha value is -7.24. The van der Waals surface area contributed by atoms with E-state index in [0.717, 1.165) is 16.7 Å². The van der Waals surface area contributed by atoms with Crippen molar-refractivity contribution in [2.24, 2.45) is 5.16 Å². The van der Waals surface area contributed by atoms with Crippen molar-refractivity contribution in [3.8, 4) is 23.3 Å². The lowest BCUT2D eigenvalue weighted by atomic mass is 9.80. The number of nitriles is 1. The molecule has 74 heavy (non-hydrogen) atoms. The Labute approximate surface area is 430 Å². The molecule has 0 aliphatic carbocycles. The number of carbonyl (C=O) groups is 2. The van der Waals surface area contributed by atoms with Gasteiger partial charge in [0.1, 0.15) is 35.1 Å². The molecule has 1 amide bonds. The third kappa shape index (κ3) is 12.7. The molecule has 0 radical (unpaired) electrons. The minimum Gasteiger partial charge on any atom is -0.497 e. The van der Waals surface area contributed by atoms with E-state index in [2.05, 4.69) is 36.2 Å². The third-order valence-electron chi connectivity index (χ3n) is 11.8. The number of benzene rings is 4. The lowest BCUT2D eigenvalue weighted by molar-refractivity contribution is -0.135. The molecule has 1 fully saturated rings. The molecule has 21 heteroatoms. The summed E-state index contributed by atoms with van der Waals surface area (Å²) in [7, 11) is 1.18. The summed E-state index contributed by atoms with van der Waals surface area (Å²) in [5.41, 5.74) is 0.0382. The van der Waals surface area contributed by atoms with E-state index in [1.165, 1.54) is 17.8 Å². The number of nitrogens with one attached hydrogen (secondary N) is 2. The Bertz CT molecular complexity index is 2860. The molecule has 0 saturated carbocycles. The molecule has 7 rings (SSSR count). The van der Waals surface area contributed by atoms with Crippen LogP contribution in [0.15, 0.2) is 125 Å². The van der Waals surface area contributed by atoms with Crippen LogP contribution in [-0.2, 0) is 43.3 Å². The number of fused-ring (bicyclic) bond motifs is 1. The normalized spacial score (nSPS) is 17.3. The summed E-state index contributed by atoms with van der Waals surface area (Å²) in [6, 6.07) is 35.5. The number of anilines is 1. The number of rotatable bonds is 25. The molecule has 390 valence electrons. The summed E-state index contributed by atoms with van der Waals surface area (Å²) < 4.78 is 53.7. The van der Waals surface area contributed by atoms with Crippen molar-refractivity contribution < 1.29 is 51.9 Å². The monoisotopic (exact) mass is 1030 g/mol. The van der Waals surface area contributed by atoms with E-state index < -0.39 is 56.1 Å². The van der Waals surface area contributed by atoms with Crippen molar-refractivity contribution in [1.82, 2.24) is 24.2 Å². The van der Waals surface area contributed by atoms with Crippen LogP contribution < -0.4 is 25.1 Å². The van der Waals surface area contributed by atoms with Crippen LogP contribution in [0.3, 0.4) is 0 Å². The fraction of sp³-hybridized carbons (Fsp3) is 0.377. The smallest absolute Gasteiger partial charge is 0.355 e. The van der Waals surface area contributed by atoms with Crippen molar-refractivity contribution in [3.05, 3.63) is 143 Å². The first-order chi connectivity index (χ1) is 35.8. The van der Waals surface area contributed by atoms with Crippen molar-refractivity contribution in [2.45, 2.75) is 90.2 Å². The first kappa shape index (κ1) is 54.5. The number of esters is 1. The molecule has 1 unspecified atom stereocenters. The number of nitrogens with zero attached hydrogens (tertiary/aromatic N) is 6. The quantitative estimate of drug-likeness (QED) is 0.0138. The number of para-hydroxylation sites is 1. The zero-order valence-corrected chi connectivity index (χ0v) is 43.4. The zero-order chi connectivity index (χ0) is 52.8. The van der Waals surface area contributed by atoms with Crippen molar-refractivity contribution in [2.75, 3.05) is 46.0 Å². The van der Waals surface area contributed by atoms with E-state index >= 15 is 0 Å². The summed E-state index contributed by atoms with van der Waals surface area (Å²) in [5.74, 6) is 0.208. The molecule has 1 aliphatic heterocycles. The number of amides is 1. The van der Waals surface area contributed by atoms with Crippen molar-refractivity contribution >= 4 is 43.2 Å². The van der Waals surface area contributed by atoms with Gasteiger partial charge in [0.2, 0.25) is 12.1 Å². The fourth-order valence-electron chi connectivity index (χ4n) is 8.40. The summed E-state index contributed by atoms with van der Waals surface area (Å²) in [6.45, 7) is 10.7. The number of ether oxygens (including phenoxy) is 6. The van der Waals surface area contributed by atoms with Gasteiger partial charge in [-0.1, -0.05) is 78.0 Å². The first-order valence-electron chi connectivity index (χ1n) is 24.0. The van der Waals surface area contributed by atoms with Gasteiger partial charge < -0.3 is 42.3 Å². The van der Waals surface area contributed by atoms with E-state index in [1.807, 2.05) is 113 Å².